The van der Waals surface area contributed by atoms with Crippen LogP contribution in [0.5, 0.6) is 0 Å². The lowest BCUT2D eigenvalue weighted by Gasteiger charge is -2.35. The maximum absolute atomic E-state index is 10.3. The second-order valence-corrected chi connectivity index (χ2v) is 5.57. The van der Waals surface area contributed by atoms with Crippen LogP contribution in [0.4, 0.5) is 0 Å². The number of benzene rings is 1. The summed E-state index contributed by atoms with van der Waals surface area (Å²) in [6.07, 6.45) is 0.866. The fourth-order valence-corrected chi connectivity index (χ4v) is 2.65. The molecule has 0 aromatic heterocycles. The summed E-state index contributed by atoms with van der Waals surface area (Å²) < 4.78 is 0. The second kappa shape index (κ2) is 7.04. The molecule has 1 N–H and O–H groups in total. The van der Waals surface area contributed by atoms with E-state index in [0.717, 1.165) is 38.3 Å². The fourth-order valence-electron chi connectivity index (χ4n) is 2.65. The summed E-state index contributed by atoms with van der Waals surface area (Å²) in [6, 6.07) is 8.20. The summed E-state index contributed by atoms with van der Waals surface area (Å²) in [5.74, 6) is 0. The average molecular weight is 262 g/mol. The van der Waals surface area contributed by atoms with E-state index in [1.807, 2.05) is 12.1 Å². The molecule has 3 heteroatoms. The first kappa shape index (κ1) is 14.5. The lowest BCUT2D eigenvalue weighted by Crippen LogP contribution is -2.47. The SMILES string of the molecule is CCCN1CCN(CC(O)c2ccc(C)cc2)CC1. The van der Waals surface area contributed by atoms with Crippen molar-refractivity contribution in [2.45, 2.75) is 26.4 Å². The van der Waals surface area contributed by atoms with Gasteiger partial charge in [-0.25, -0.2) is 0 Å². The molecule has 1 unspecified atom stereocenters. The third kappa shape index (κ3) is 4.30. The predicted molar refractivity (Wildman–Crippen MR) is 79.3 cm³/mol. The first-order chi connectivity index (χ1) is 9.19. The van der Waals surface area contributed by atoms with E-state index in [2.05, 4.69) is 35.8 Å². The zero-order chi connectivity index (χ0) is 13.7. The molecule has 0 radical (unpaired) electrons. The van der Waals surface area contributed by atoms with E-state index in [-0.39, 0.29) is 6.10 Å². The Morgan fingerprint density at radius 1 is 1.05 bits per heavy atom. The van der Waals surface area contributed by atoms with Gasteiger partial charge in [-0.05, 0) is 25.5 Å². The molecule has 0 bridgehead atoms. The minimum Gasteiger partial charge on any atom is -0.387 e. The average Bonchev–Trinajstić information content (AvgIpc) is 2.42. The minimum absolute atomic E-state index is 0.363. The molecule has 1 aliphatic rings. The zero-order valence-electron chi connectivity index (χ0n) is 12.2. The van der Waals surface area contributed by atoms with Gasteiger partial charge < -0.3 is 10.0 Å². The van der Waals surface area contributed by atoms with E-state index in [9.17, 15) is 5.11 Å². The molecule has 2 rings (SSSR count). The van der Waals surface area contributed by atoms with Crippen molar-refractivity contribution < 1.29 is 5.11 Å². The van der Waals surface area contributed by atoms with Crippen molar-refractivity contribution in [1.82, 2.24) is 9.80 Å². The van der Waals surface area contributed by atoms with Gasteiger partial charge in [0.05, 0.1) is 6.10 Å². The van der Waals surface area contributed by atoms with Crippen molar-refractivity contribution in [2.75, 3.05) is 39.3 Å². The number of aryl methyl sites for hydroxylation is 1. The van der Waals surface area contributed by atoms with E-state index in [4.69, 9.17) is 0 Å². The summed E-state index contributed by atoms with van der Waals surface area (Å²) in [5, 5.41) is 10.3. The monoisotopic (exact) mass is 262 g/mol. The van der Waals surface area contributed by atoms with Gasteiger partial charge in [-0.1, -0.05) is 36.8 Å². The van der Waals surface area contributed by atoms with Gasteiger partial charge in [-0.15, -0.1) is 0 Å². The molecule has 0 amide bonds. The number of β-amino-alcohol motifs (C(OH)–C–C–N with tert-alkyl or cyclic N) is 1. The first-order valence-electron chi connectivity index (χ1n) is 7.38. The molecule has 1 heterocycles. The Morgan fingerprint density at radius 3 is 2.21 bits per heavy atom. The van der Waals surface area contributed by atoms with Gasteiger partial charge in [-0.2, -0.15) is 0 Å². The van der Waals surface area contributed by atoms with Crippen LogP contribution in [0, 0.1) is 6.92 Å². The van der Waals surface area contributed by atoms with Crippen LogP contribution in [0.1, 0.15) is 30.6 Å². The molecular weight excluding hydrogens is 236 g/mol. The van der Waals surface area contributed by atoms with E-state index in [1.165, 1.54) is 18.5 Å². The Kier molecular flexibility index (Phi) is 5.37. The number of aliphatic hydroxyl groups excluding tert-OH is 1. The number of aliphatic hydroxyl groups is 1. The van der Waals surface area contributed by atoms with Crippen molar-refractivity contribution in [3.8, 4) is 0 Å². The van der Waals surface area contributed by atoms with Crippen LogP contribution in [-0.2, 0) is 0 Å². The van der Waals surface area contributed by atoms with Crippen LogP contribution in [0.3, 0.4) is 0 Å². The molecule has 1 aromatic rings. The Bertz CT molecular complexity index is 369. The zero-order valence-corrected chi connectivity index (χ0v) is 12.2. The summed E-state index contributed by atoms with van der Waals surface area (Å²) in [5.41, 5.74) is 2.27. The van der Waals surface area contributed by atoms with Crippen LogP contribution in [0.25, 0.3) is 0 Å². The molecule has 106 valence electrons. The van der Waals surface area contributed by atoms with E-state index < -0.39 is 0 Å². The fraction of sp³-hybridized carbons (Fsp3) is 0.625. The van der Waals surface area contributed by atoms with Crippen LogP contribution in [-0.4, -0.2) is 54.2 Å². The molecule has 1 saturated heterocycles. The molecule has 0 spiro atoms. The second-order valence-electron chi connectivity index (χ2n) is 5.57. The number of hydrogen-bond donors (Lipinski definition) is 1. The molecule has 0 aliphatic carbocycles. The smallest absolute Gasteiger partial charge is 0.0916 e. The van der Waals surface area contributed by atoms with Crippen molar-refractivity contribution in [3.63, 3.8) is 0 Å². The Balaban J connectivity index is 1.80. The number of rotatable bonds is 5. The van der Waals surface area contributed by atoms with Gasteiger partial charge in [0, 0.05) is 32.7 Å². The highest BCUT2D eigenvalue weighted by Crippen LogP contribution is 2.16. The summed E-state index contributed by atoms with van der Waals surface area (Å²) in [7, 11) is 0. The third-order valence-electron chi connectivity index (χ3n) is 3.90. The largest absolute Gasteiger partial charge is 0.387 e. The minimum atomic E-state index is -0.363. The number of hydrogen-bond acceptors (Lipinski definition) is 3. The quantitative estimate of drug-likeness (QED) is 0.880. The Hall–Kier alpha value is -0.900. The van der Waals surface area contributed by atoms with Gasteiger partial charge in [0.15, 0.2) is 0 Å². The van der Waals surface area contributed by atoms with Crippen LogP contribution < -0.4 is 0 Å². The van der Waals surface area contributed by atoms with Gasteiger partial charge in [0.25, 0.3) is 0 Å². The van der Waals surface area contributed by atoms with E-state index in [0.29, 0.717) is 0 Å². The molecule has 1 aliphatic heterocycles. The maximum Gasteiger partial charge on any atom is 0.0916 e. The van der Waals surface area contributed by atoms with Gasteiger partial charge in [-0.3, -0.25) is 4.90 Å². The van der Waals surface area contributed by atoms with Gasteiger partial charge >= 0.3 is 0 Å². The molecule has 1 atom stereocenters. The van der Waals surface area contributed by atoms with E-state index >= 15 is 0 Å². The number of nitrogens with zero attached hydrogens (tertiary/aromatic N) is 2. The third-order valence-corrected chi connectivity index (χ3v) is 3.90. The van der Waals surface area contributed by atoms with Crippen molar-refractivity contribution in [3.05, 3.63) is 35.4 Å². The van der Waals surface area contributed by atoms with Crippen LogP contribution in [0.2, 0.25) is 0 Å². The number of piperazine rings is 1. The molecule has 1 fully saturated rings. The van der Waals surface area contributed by atoms with Gasteiger partial charge in [0.1, 0.15) is 0 Å². The van der Waals surface area contributed by atoms with Crippen LogP contribution in [0.15, 0.2) is 24.3 Å². The maximum atomic E-state index is 10.3. The highest BCUT2D eigenvalue weighted by molar-refractivity contribution is 5.23. The summed E-state index contributed by atoms with van der Waals surface area (Å²) in [4.78, 5) is 4.88. The highest BCUT2D eigenvalue weighted by Gasteiger charge is 2.19. The Labute approximate surface area is 116 Å². The van der Waals surface area contributed by atoms with Crippen LogP contribution >= 0.6 is 0 Å². The molecule has 3 nitrogen and oxygen atoms in total. The first-order valence-corrected chi connectivity index (χ1v) is 7.38. The standard InChI is InChI=1S/C16H26N2O/c1-3-8-17-9-11-18(12-10-17)13-16(19)15-6-4-14(2)5-7-15/h4-7,16,19H,3,8-13H2,1-2H3. The van der Waals surface area contributed by atoms with Gasteiger partial charge in [0.2, 0.25) is 0 Å². The predicted octanol–water partition coefficient (Wildman–Crippen LogP) is 2.06. The molecule has 19 heavy (non-hydrogen) atoms. The highest BCUT2D eigenvalue weighted by atomic mass is 16.3. The Morgan fingerprint density at radius 2 is 1.63 bits per heavy atom. The van der Waals surface area contributed by atoms with Crippen molar-refractivity contribution in [1.29, 1.82) is 0 Å². The summed E-state index contributed by atoms with van der Waals surface area (Å²) >= 11 is 0. The van der Waals surface area contributed by atoms with Crippen molar-refractivity contribution in [2.24, 2.45) is 0 Å². The molecular formula is C16H26N2O. The topological polar surface area (TPSA) is 26.7 Å². The summed E-state index contributed by atoms with van der Waals surface area (Å²) in [6.45, 7) is 10.7. The molecule has 0 saturated carbocycles. The lowest BCUT2D eigenvalue weighted by molar-refractivity contribution is 0.0726. The van der Waals surface area contributed by atoms with E-state index in [1.54, 1.807) is 0 Å². The molecule has 1 aromatic carbocycles. The van der Waals surface area contributed by atoms with Crippen molar-refractivity contribution >= 4 is 0 Å². The lowest BCUT2D eigenvalue weighted by atomic mass is 10.1. The normalized spacial score (nSPS) is 19.5.